The van der Waals surface area contributed by atoms with Crippen LogP contribution in [0.15, 0.2) is 48.5 Å². The van der Waals surface area contributed by atoms with Crippen LogP contribution in [0.5, 0.6) is 0 Å². The number of nitrogens with zero attached hydrogens (tertiary/aromatic N) is 1. The Bertz CT molecular complexity index is 897. The Hall–Kier alpha value is -2.04. The van der Waals surface area contributed by atoms with E-state index in [0.29, 0.717) is 16.5 Å². The number of amides is 2. The molecule has 1 atom stereocenters. The van der Waals surface area contributed by atoms with Crippen LogP contribution in [-0.4, -0.2) is 28.8 Å². The molecular weight excluding hydrogens is 431 g/mol. The average Bonchev–Trinajstić information content (AvgIpc) is 2.75. The van der Waals surface area contributed by atoms with Crippen molar-refractivity contribution in [2.24, 2.45) is 0 Å². The van der Waals surface area contributed by atoms with Crippen molar-refractivity contribution in [2.75, 3.05) is 0 Å². The predicted octanol–water partition coefficient (Wildman–Crippen LogP) is 5.79. The van der Waals surface area contributed by atoms with Crippen LogP contribution in [0.2, 0.25) is 10.0 Å². The fraction of sp³-hybridized carbons (Fsp3) is 0.440. The lowest BCUT2D eigenvalue weighted by Gasteiger charge is -2.33. The maximum atomic E-state index is 13.4. The number of rotatable bonds is 8. The molecule has 0 aromatic heterocycles. The monoisotopic (exact) mass is 460 g/mol. The minimum atomic E-state index is -0.551. The molecule has 4 nitrogen and oxygen atoms in total. The zero-order valence-corrected chi connectivity index (χ0v) is 19.5. The first-order chi connectivity index (χ1) is 15.0. The number of hydrogen-bond donors (Lipinski definition) is 1. The zero-order chi connectivity index (χ0) is 22.2. The molecule has 3 rings (SSSR count). The Morgan fingerprint density at radius 1 is 1.06 bits per heavy atom. The molecule has 1 N–H and O–H groups in total. The highest BCUT2D eigenvalue weighted by Gasteiger charge is 2.30. The van der Waals surface area contributed by atoms with E-state index in [1.807, 2.05) is 37.3 Å². The minimum Gasteiger partial charge on any atom is -0.352 e. The molecule has 1 saturated carbocycles. The van der Waals surface area contributed by atoms with Gasteiger partial charge in [-0.3, -0.25) is 9.59 Å². The Kier molecular flexibility index (Phi) is 8.79. The van der Waals surface area contributed by atoms with Crippen molar-refractivity contribution in [3.8, 4) is 0 Å². The number of benzene rings is 2. The Morgan fingerprint density at radius 3 is 2.48 bits per heavy atom. The molecule has 0 bridgehead atoms. The van der Waals surface area contributed by atoms with E-state index in [1.54, 1.807) is 23.1 Å². The van der Waals surface area contributed by atoms with Crippen LogP contribution in [-0.2, 0) is 22.6 Å². The SMILES string of the molecule is CC[C@H](C(=O)NC1CCCCC1)N(Cc1ccccc1Cl)C(=O)Cc1cccc(Cl)c1. The van der Waals surface area contributed by atoms with E-state index in [9.17, 15) is 9.59 Å². The van der Waals surface area contributed by atoms with Crippen molar-refractivity contribution in [2.45, 2.75) is 70.5 Å². The van der Waals surface area contributed by atoms with Gasteiger partial charge in [-0.15, -0.1) is 0 Å². The van der Waals surface area contributed by atoms with E-state index in [0.717, 1.165) is 36.8 Å². The van der Waals surface area contributed by atoms with Crippen LogP contribution >= 0.6 is 23.2 Å². The second-order valence-corrected chi connectivity index (χ2v) is 9.03. The summed E-state index contributed by atoms with van der Waals surface area (Å²) >= 11 is 12.5. The molecule has 2 aromatic rings. The van der Waals surface area contributed by atoms with Crippen molar-refractivity contribution in [1.29, 1.82) is 0 Å². The van der Waals surface area contributed by atoms with Crippen molar-refractivity contribution in [3.63, 3.8) is 0 Å². The fourth-order valence-corrected chi connectivity index (χ4v) is 4.61. The third-order valence-corrected chi connectivity index (χ3v) is 6.48. The van der Waals surface area contributed by atoms with Gasteiger partial charge in [0.15, 0.2) is 0 Å². The summed E-state index contributed by atoms with van der Waals surface area (Å²) < 4.78 is 0. The maximum Gasteiger partial charge on any atom is 0.243 e. The van der Waals surface area contributed by atoms with E-state index < -0.39 is 6.04 Å². The lowest BCUT2D eigenvalue weighted by molar-refractivity contribution is -0.141. The summed E-state index contributed by atoms with van der Waals surface area (Å²) in [5, 5.41) is 4.37. The first-order valence-corrected chi connectivity index (χ1v) is 11.8. The van der Waals surface area contributed by atoms with Gasteiger partial charge in [0.1, 0.15) is 6.04 Å². The normalized spacial score (nSPS) is 15.3. The molecule has 0 radical (unpaired) electrons. The van der Waals surface area contributed by atoms with Crippen molar-refractivity contribution < 1.29 is 9.59 Å². The highest BCUT2D eigenvalue weighted by molar-refractivity contribution is 6.31. The van der Waals surface area contributed by atoms with Gasteiger partial charge in [0.2, 0.25) is 11.8 Å². The van der Waals surface area contributed by atoms with Crippen molar-refractivity contribution >= 4 is 35.0 Å². The quantitative estimate of drug-likeness (QED) is 0.541. The Morgan fingerprint density at radius 2 is 1.81 bits per heavy atom. The number of halogens is 2. The van der Waals surface area contributed by atoms with Crippen LogP contribution < -0.4 is 5.32 Å². The second-order valence-electron chi connectivity index (χ2n) is 8.19. The average molecular weight is 461 g/mol. The van der Waals surface area contributed by atoms with E-state index in [4.69, 9.17) is 23.2 Å². The van der Waals surface area contributed by atoms with Gasteiger partial charge in [-0.25, -0.2) is 0 Å². The third kappa shape index (κ3) is 6.72. The van der Waals surface area contributed by atoms with Gasteiger partial charge in [0, 0.05) is 22.6 Å². The summed E-state index contributed by atoms with van der Waals surface area (Å²) in [7, 11) is 0. The van der Waals surface area contributed by atoms with Crippen LogP contribution in [0, 0.1) is 0 Å². The van der Waals surface area contributed by atoms with Crippen LogP contribution in [0.1, 0.15) is 56.6 Å². The lowest BCUT2D eigenvalue weighted by atomic mass is 9.95. The largest absolute Gasteiger partial charge is 0.352 e. The topological polar surface area (TPSA) is 49.4 Å². The van der Waals surface area contributed by atoms with Crippen LogP contribution in [0.25, 0.3) is 0 Å². The van der Waals surface area contributed by atoms with E-state index >= 15 is 0 Å². The van der Waals surface area contributed by atoms with Gasteiger partial charge in [0.25, 0.3) is 0 Å². The first kappa shape index (κ1) is 23.6. The summed E-state index contributed by atoms with van der Waals surface area (Å²) in [6.07, 6.45) is 6.21. The van der Waals surface area contributed by atoms with Gasteiger partial charge in [-0.2, -0.15) is 0 Å². The Labute approximate surface area is 194 Å². The lowest BCUT2D eigenvalue weighted by Crippen LogP contribution is -2.52. The summed E-state index contributed by atoms with van der Waals surface area (Å²) in [5.41, 5.74) is 1.65. The first-order valence-electron chi connectivity index (χ1n) is 11.1. The summed E-state index contributed by atoms with van der Waals surface area (Å²) in [6, 6.07) is 14.4. The molecule has 0 heterocycles. The molecule has 1 aliphatic carbocycles. The number of carbonyl (C=O) groups is 2. The Balaban J connectivity index is 1.82. The molecule has 2 amide bonds. The highest BCUT2D eigenvalue weighted by Crippen LogP contribution is 2.22. The minimum absolute atomic E-state index is 0.0825. The molecule has 1 fully saturated rings. The molecule has 0 spiro atoms. The number of carbonyl (C=O) groups excluding carboxylic acids is 2. The molecular formula is C25H30Cl2N2O2. The van der Waals surface area contributed by atoms with E-state index in [-0.39, 0.29) is 30.8 Å². The zero-order valence-electron chi connectivity index (χ0n) is 17.9. The van der Waals surface area contributed by atoms with Gasteiger partial charge in [-0.1, -0.05) is 79.7 Å². The standard InChI is InChI=1S/C25H30Cl2N2O2/c1-2-23(25(31)28-21-12-4-3-5-13-21)29(17-19-10-6-7-14-22(19)27)24(30)16-18-9-8-11-20(26)15-18/h6-11,14-15,21,23H,2-5,12-13,16-17H2,1H3,(H,28,31)/t23-/m1/s1. The van der Waals surface area contributed by atoms with Gasteiger partial charge in [0.05, 0.1) is 6.42 Å². The summed E-state index contributed by atoms with van der Waals surface area (Å²) in [4.78, 5) is 28.3. The second kappa shape index (κ2) is 11.5. The van der Waals surface area contributed by atoms with Crippen LogP contribution in [0.3, 0.4) is 0 Å². The van der Waals surface area contributed by atoms with Crippen LogP contribution in [0.4, 0.5) is 0 Å². The number of nitrogens with one attached hydrogen (secondary N) is 1. The molecule has 0 unspecified atom stereocenters. The smallest absolute Gasteiger partial charge is 0.243 e. The van der Waals surface area contributed by atoms with Gasteiger partial charge >= 0.3 is 0 Å². The molecule has 31 heavy (non-hydrogen) atoms. The summed E-state index contributed by atoms with van der Waals surface area (Å²) in [6.45, 7) is 2.23. The molecule has 0 saturated heterocycles. The molecule has 2 aromatic carbocycles. The maximum absolute atomic E-state index is 13.4. The molecule has 166 valence electrons. The third-order valence-electron chi connectivity index (χ3n) is 5.88. The number of hydrogen-bond acceptors (Lipinski definition) is 2. The van der Waals surface area contributed by atoms with E-state index in [2.05, 4.69) is 5.32 Å². The van der Waals surface area contributed by atoms with Crippen molar-refractivity contribution in [1.82, 2.24) is 10.2 Å². The van der Waals surface area contributed by atoms with Gasteiger partial charge < -0.3 is 10.2 Å². The fourth-order valence-electron chi connectivity index (χ4n) is 4.20. The van der Waals surface area contributed by atoms with Gasteiger partial charge in [-0.05, 0) is 48.6 Å². The van der Waals surface area contributed by atoms with E-state index in [1.165, 1.54) is 6.42 Å². The highest BCUT2D eigenvalue weighted by atomic mass is 35.5. The molecule has 0 aliphatic heterocycles. The molecule has 6 heteroatoms. The summed E-state index contributed by atoms with van der Waals surface area (Å²) in [5.74, 6) is -0.200. The predicted molar refractivity (Wildman–Crippen MR) is 126 cm³/mol. The molecule has 1 aliphatic rings. The van der Waals surface area contributed by atoms with Crippen molar-refractivity contribution in [3.05, 3.63) is 69.7 Å².